The summed E-state index contributed by atoms with van der Waals surface area (Å²) in [5, 5.41) is 11.6. The maximum atomic E-state index is 12.9. The summed E-state index contributed by atoms with van der Waals surface area (Å²) in [6.45, 7) is 15.0. The maximum Gasteiger partial charge on any atom is 1.00 e. The van der Waals surface area contributed by atoms with Gasteiger partial charge in [-0.05, 0) is 59.1 Å². The number of pyridine rings is 1. The van der Waals surface area contributed by atoms with E-state index in [0.29, 0.717) is 36.7 Å². The Morgan fingerprint density at radius 2 is 1.94 bits per heavy atom. The number of methoxy groups -OCH3 is 1. The fourth-order valence-electron chi connectivity index (χ4n) is 4.27. The van der Waals surface area contributed by atoms with Crippen LogP contribution in [0.4, 0.5) is 5.82 Å². The molecule has 0 aliphatic carbocycles. The van der Waals surface area contributed by atoms with Crippen molar-refractivity contribution in [3.63, 3.8) is 0 Å². The van der Waals surface area contributed by atoms with Gasteiger partial charge in [0.25, 0.3) is 0 Å². The number of hydrogen-bond donors (Lipinski definition) is 0. The summed E-state index contributed by atoms with van der Waals surface area (Å²) in [5.41, 5.74) is 0.692. The van der Waals surface area contributed by atoms with Crippen LogP contribution >= 0.6 is 0 Å². The molecule has 1 saturated heterocycles. The molecule has 1 atom stereocenters. The Morgan fingerprint density at radius 1 is 1.31 bits per heavy atom. The van der Waals surface area contributed by atoms with Crippen molar-refractivity contribution >= 4 is 23.4 Å². The molecule has 0 unspecified atom stereocenters. The first-order chi connectivity index (χ1) is 15.9. The van der Waals surface area contributed by atoms with Crippen LogP contribution in [0.3, 0.4) is 0 Å². The molecule has 9 nitrogen and oxygen atoms in total. The van der Waals surface area contributed by atoms with Crippen LogP contribution in [0, 0.1) is 6.92 Å². The molecule has 0 amide bonds. The molecule has 1 fully saturated rings. The van der Waals surface area contributed by atoms with E-state index in [0.717, 1.165) is 18.4 Å². The average molecular weight is 496 g/mol. The van der Waals surface area contributed by atoms with E-state index >= 15 is 0 Å². The number of carboxylic acids is 1. The van der Waals surface area contributed by atoms with Crippen LogP contribution in [0.25, 0.3) is 5.65 Å². The van der Waals surface area contributed by atoms with Crippen molar-refractivity contribution in [1.82, 2.24) is 9.38 Å². The number of aromatic carboxylic acids is 1. The van der Waals surface area contributed by atoms with Gasteiger partial charge in [0, 0.05) is 24.8 Å². The minimum absolute atomic E-state index is 0. The molecule has 186 valence electrons. The third kappa shape index (κ3) is 6.65. The van der Waals surface area contributed by atoms with E-state index < -0.39 is 23.6 Å². The van der Waals surface area contributed by atoms with Gasteiger partial charge in [0.1, 0.15) is 17.2 Å². The molecule has 0 aromatic carbocycles. The number of aryl methyl sites for hydroxylation is 1. The summed E-state index contributed by atoms with van der Waals surface area (Å²) in [6.07, 6.45) is 3.62. The molecule has 0 saturated carbocycles. The molecule has 2 aromatic rings. The van der Waals surface area contributed by atoms with Crippen molar-refractivity contribution in [2.45, 2.75) is 64.8 Å². The second-order valence-corrected chi connectivity index (χ2v) is 9.88. The zero-order chi connectivity index (χ0) is 25.3. The van der Waals surface area contributed by atoms with Gasteiger partial charge >= 0.3 is 35.5 Å². The Kier molecular flexibility index (Phi) is 9.58. The molecule has 0 spiro atoms. The van der Waals surface area contributed by atoms with Crippen molar-refractivity contribution in [3.05, 3.63) is 41.7 Å². The summed E-state index contributed by atoms with van der Waals surface area (Å²) < 4.78 is 19.0. The Labute approximate surface area is 228 Å². The van der Waals surface area contributed by atoms with E-state index in [1.807, 2.05) is 27.7 Å². The topological polar surface area (TPSA) is 105 Å². The third-order valence-corrected chi connectivity index (χ3v) is 6.00. The SMILES string of the molecule is C=CCOC1(C)CCN(c2c([C@H](OC(C)(C)C)C(=O)OC)c(C)cc3nc(C(=O)[O-])cn23)CC1.[Na+]. The molecule has 0 radical (unpaired) electrons. The number of carboxylic acid groups (broad SMARTS) is 1. The van der Waals surface area contributed by atoms with Crippen molar-refractivity contribution in [2.24, 2.45) is 0 Å². The van der Waals surface area contributed by atoms with Gasteiger partial charge in [-0.15, -0.1) is 6.58 Å². The normalized spacial score (nSPS) is 16.5. The number of carbonyl (C=O) groups excluding carboxylic acids is 2. The monoisotopic (exact) mass is 495 g/mol. The standard InChI is InChI=1S/C25H35N3O6.Na/c1-8-13-33-25(6)9-11-27(12-10-25)21-19(20(23(31)32-7)34-24(3,4)5)16(2)14-18-26-17(22(29)30)15-28(18)21;/h8,14-15,20H,1,9-13H2,2-7H3,(H,29,30);/q;+1/p-1/t20-;/m0./s1. The second-order valence-electron chi connectivity index (χ2n) is 9.88. The summed E-state index contributed by atoms with van der Waals surface area (Å²) in [5.74, 6) is -1.25. The van der Waals surface area contributed by atoms with Gasteiger partial charge < -0.3 is 29.0 Å². The Hall–Kier alpha value is -1.91. The van der Waals surface area contributed by atoms with Crippen molar-refractivity contribution in [3.8, 4) is 0 Å². The van der Waals surface area contributed by atoms with Gasteiger partial charge in [-0.3, -0.25) is 4.40 Å². The molecule has 35 heavy (non-hydrogen) atoms. The minimum Gasteiger partial charge on any atom is -0.543 e. The number of piperidine rings is 1. The van der Waals surface area contributed by atoms with Crippen LogP contribution in [0.5, 0.6) is 0 Å². The summed E-state index contributed by atoms with van der Waals surface area (Å²) >= 11 is 0. The van der Waals surface area contributed by atoms with Crippen LogP contribution in [0.1, 0.15) is 68.3 Å². The largest absolute Gasteiger partial charge is 1.00 e. The molecule has 2 aromatic heterocycles. The number of aromatic nitrogens is 2. The predicted molar refractivity (Wildman–Crippen MR) is 126 cm³/mol. The van der Waals surface area contributed by atoms with E-state index in [-0.39, 0.29) is 40.9 Å². The Balaban J connectivity index is 0.00000432. The zero-order valence-corrected chi connectivity index (χ0v) is 23.8. The number of ether oxygens (including phenoxy) is 3. The van der Waals surface area contributed by atoms with Crippen LogP contribution in [0.15, 0.2) is 24.9 Å². The number of esters is 1. The van der Waals surface area contributed by atoms with E-state index in [1.54, 1.807) is 16.5 Å². The minimum atomic E-state index is -1.37. The van der Waals surface area contributed by atoms with Gasteiger partial charge in [0.05, 0.1) is 30.9 Å². The molecule has 0 bridgehead atoms. The first-order valence-corrected chi connectivity index (χ1v) is 11.4. The maximum absolute atomic E-state index is 12.9. The molecule has 3 rings (SSSR count). The molecular formula is C25H34N3NaO6. The first-order valence-electron chi connectivity index (χ1n) is 11.4. The van der Waals surface area contributed by atoms with Gasteiger partial charge in [-0.2, -0.15) is 0 Å². The fourth-order valence-corrected chi connectivity index (χ4v) is 4.27. The van der Waals surface area contributed by atoms with Gasteiger partial charge in [0.15, 0.2) is 6.10 Å². The van der Waals surface area contributed by atoms with Crippen molar-refractivity contribution in [1.29, 1.82) is 0 Å². The molecule has 3 heterocycles. The van der Waals surface area contributed by atoms with E-state index in [1.165, 1.54) is 13.3 Å². The van der Waals surface area contributed by atoms with Gasteiger partial charge in [-0.1, -0.05) is 6.08 Å². The predicted octanol–water partition coefficient (Wildman–Crippen LogP) is -0.399. The Morgan fingerprint density at radius 3 is 2.46 bits per heavy atom. The van der Waals surface area contributed by atoms with E-state index in [2.05, 4.69) is 23.4 Å². The number of imidazole rings is 1. The number of fused-ring (bicyclic) bond motifs is 1. The molecule has 10 heteroatoms. The zero-order valence-electron chi connectivity index (χ0n) is 21.8. The number of carbonyl (C=O) groups is 2. The first kappa shape index (κ1) is 29.3. The third-order valence-electron chi connectivity index (χ3n) is 6.00. The quantitative estimate of drug-likeness (QED) is 0.277. The number of rotatable bonds is 8. The van der Waals surface area contributed by atoms with Gasteiger partial charge in [-0.25, -0.2) is 9.78 Å². The molecule has 1 aliphatic rings. The van der Waals surface area contributed by atoms with Gasteiger partial charge in [0.2, 0.25) is 0 Å². The smallest absolute Gasteiger partial charge is 0.543 e. The summed E-state index contributed by atoms with van der Waals surface area (Å²) in [6, 6.07) is 1.74. The van der Waals surface area contributed by atoms with Crippen LogP contribution in [-0.4, -0.2) is 59.3 Å². The number of anilines is 1. The Bertz CT molecular complexity index is 1080. The second kappa shape index (κ2) is 11.4. The number of nitrogens with zero attached hydrogens (tertiary/aromatic N) is 3. The van der Waals surface area contributed by atoms with E-state index in [4.69, 9.17) is 14.2 Å². The van der Waals surface area contributed by atoms with E-state index in [9.17, 15) is 14.7 Å². The van der Waals surface area contributed by atoms with Crippen LogP contribution in [-0.2, 0) is 19.0 Å². The molecule has 0 N–H and O–H groups in total. The molecule has 1 aliphatic heterocycles. The summed E-state index contributed by atoms with van der Waals surface area (Å²) in [4.78, 5) is 30.8. The molecular weight excluding hydrogens is 461 g/mol. The number of hydrogen-bond acceptors (Lipinski definition) is 8. The summed E-state index contributed by atoms with van der Waals surface area (Å²) in [7, 11) is 1.32. The fraction of sp³-hybridized carbons (Fsp3) is 0.560. The van der Waals surface area contributed by atoms with Crippen molar-refractivity contribution < 1.29 is 58.5 Å². The van der Waals surface area contributed by atoms with Crippen LogP contribution < -0.4 is 39.6 Å². The van der Waals surface area contributed by atoms with Crippen LogP contribution in [0.2, 0.25) is 0 Å². The average Bonchev–Trinajstić information content (AvgIpc) is 3.19. The van der Waals surface area contributed by atoms with Crippen molar-refractivity contribution in [2.75, 3.05) is 31.7 Å².